The van der Waals surface area contributed by atoms with E-state index < -0.39 is 0 Å². The highest BCUT2D eigenvalue weighted by atomic mass is 16.3. The third-order valence-corrected chi connectivity index (χ3v) is 8.81. The van der Waals surface area contributed by atoms with Gasteiger partial charge in [-0.2, -0.15) is 0 Å². The van der Waals surface area contributed by atoms with Crippen molar-refractivity contribution in [3.05, 3.63) is 0 Å². The molecule has 23 heavy (non-hydrogen) atoms. The molecule has 4 saturated carbocycles. The fourth-order valence-corrected chi connectivity index (χ4v) is 7.35. The lowest BCUT2D eigenvalue weighted by molar-refractivity contribution is -0.181. The monoisotopic (exact) mass is 318 g/mol. The van der Waals surface area contributed by atoms with Crippen LogP contribution in [-0.2, 0) is 9.59 Å². The van der Waals surface area contributed by atoms with Gasteiger partial charge >= 0.3 is 0 Å². The van der Waals surface area contributed by atoms with Crippen molar-refractivity contribution >= 4 is 11.6 Å². The molecule has 4 aliphatic carbocycles. The number of carbonyl (C=O) groups excluding carboxylic acids is 2. The number of Topliss-reactive ketones (excluding diaryl/α,β-unsaturated/α-hetero) is 2. The first kappa shape index (κ1) is 15.8. The quantitative estimate of drug-likeness (QED) is 0.804. The molecule has 3 heteroatoms. The number of aliphatic hydroxyl groups is 1. The average molecular weight is 318 g/mol. The van der Waals surface area contributed by atoms with E-state index in [-0.39, 0.29) is 22.9 Å². The Kier molecular flexibility index (Phi) is 3.37. The SMILES string of the molecule is C[C@@]12CC[C@H]3[C@@H](CC[C@]4(C)C(=O)CC[C@@H]34)[C@@]1(CO)CCC(=O)C2. The Labute approximate surface area is 139 Å². The van der Waals surface area contributed by atoms with E-state index in [1.165, 1.54) is 0 Å². The Hall–Kier alpha value is -0.700. The van der Waals surface area contributed by atoms with Crippen LogP contribution in [0.5, 0.6) is 0 Å². The van der Waals surface area contributed by atoms with Crippen molar-refractivity contribution in [1.82, 2.24) is 0 Å². The first-order valence-electron chi connectivity index (χ1n) is 9.52. The third kappa shape index (κ3) is 1.86. The molecular weight excluding hydrogens is 288 g/mol. The number of carbonyl (C=O) groups is 2. The Morgan fingerprint density at radius 3 is 2.52 bits per heavy atom. The van der Waals surface area contributed by atoms with Crippen molar-refractivity contribution in [2.24, 2.45) is 34.0 Å². The molecule has 0 unspecified atom stereocenters. The molecule has 0 heterocycles. The Morgan fingerprint density at radius 2 is 1.78 bits per heavy atom. The second kappa shape index (κ2) is 4.91. The van der Waals surface area contributed by atoms with Gasteiger partial charge in [-0.05, 0) is 61.7 Å². The second-order valence-corrected chi connectivity index (χ2v) is 9.42. The van der Waals surface area contributed by atoms with Crippen LogP contribution in [0.25, 0.3) is 0 Å². The van der Waals surface area contributed by atoms with Crippen LogP contribution in [0.3, 0.4) is 0 Å². The number of hydrogen-bond donors (Lipinski definition) is 1. The molecule has 3 nitrogen and oxygen atoms in total. The van der Waals surface area contributed by atoms with Gasteiger partial charge in [-0.3, -0.25) is 9.59 Å². The van der Waals surface area contributed by atoms with Gasteiger partial charge < -0.3 is 5.11 Å². The van der Waals surface area contributed by atoms with Gasteiger partial charge in [0.25, 0.3) is 0 Å². The van der Waals surface area contributed by atoms with E-state index in [9.17, 15) is 14.7 Å². The van der Waals surface area contributed by atoms with Crippen LogP contribution in [0.4, 0.5) is 0 Å². The van der Waals surface area contributed by atoms with E-state index in [1.807, 2.05) is 0 Å². The largest absolute Gasteiger partial charge is 0.396 e. The van der Waals surface area contributed by atoms with Crippen molar-refractivity contribution in [1.29, 1.82) is 0 Å². The molecule has 0 spiro atoms. The summed E-state index contributed by atoms with van der Waals surface area (Å²) in [7, 11) is 0. The van der Waals surface area contributed by atoms with Gasteiger partial charge in [0.1, 0.15) is 11.6 Å². The summed E-state index contributed by atoms with van der Waals surface area (Å²) in [5, 5.41) is 10.4. The predicted octanol–water partition coefficient (Wildman–Crippen LogP) is 3.53. The maximum atomic E-state index is 12.4. The molecule has 0 aliphatic heterocycles. The second-order valence-electron chi connectivity index (χ2n) is 9.42. The number of aliphatic hydroxyl groups excluding tert-OH is 1. The minimum Gasteiger partial charge on any atom is -0.396 e. The molecule has 0 aromatic carbocycles. The normalized spacial score (nSPS) is 52.7. The number of hydrogen-bond acceptors (Lipinski definition) is 3. The molecule has 4 rings (SSSR count). The van der Waals surface area contributed by atoms with Gasteiger partial charge in [-0.15, -0.1) is 0 Å². The van der Waals surface area contributed by atoms with Crippen LogP contribution in [-0.4, -0.2) is 23.3 Å². The molecule has 6 atom stereocenters. The Bertz CT molecular complexity index is 555. The molecular formula is C20H30O3. The fraction of sp³-hybridized carbons (Fsp3) is 0.900. The summed E-state index contributed by atoms with van der Waals surface area (Å²) in [6.45, 7) is 4.67. The zero-order valence-electron chi connectivity index (χ0n) is 14.6. The first-order valence-corrected chi connectivity index (χ1v) is 9.52. The molecule has 4 fully saturated rings. The highest BCUT2D eigenvalue weighted by Crippen LogP contribution is 2.68. The van der Waals surface area contributed by atoms with Crippen LogP contribution < -0.4 is 0 Å². The highest BCUT2D eigenvalue weighted by molar-refractivity contribution is 5.87. The van der Waals surface area contributed by atoms with Crippen molar-refractivity contribution in [2.45, 2.75) is 71.6 Å². The highest BCUT2D eigenvalue weighted by Gasteiger charge is 2.64. The maximum Gasteiger partial charge on any atom is 0.139 e. The first-order chi connectivity index (χ1) is 10.9. The van der Waals surface area contributed by atoms with Crippen molar-refractivity contribution in [2.75, 3.05) is 6.61 Å². The zero-order valence-corrected chi connectivity index (χ0v) is 14.6. The summed E-state index contributed by atoms with van der Waals surface area (Å²) in [5.41, 5.74) is -0.221. The van der Waals surface area contributed by atoms with Gasteiger partial charge in [-0.1, -0.05) is 13.8 Å². The lowest BCUT2D eigenvalue weighted by Gasteiger charge is -2.64. The van der Waals surface area contributed by atoms with Gasteiger partial charge in [0, 0.05) is 36.7 Å². The number of ketones is 2. The minimum absolute atomic E-state index is 0.0331. The minimum atomic E-state index is -0.101. The number of rotatable bonds is 1. The van der Waals surface area contributed by atoms with Crippen LogP contribution in [0.15, 0.2) is 0 Å². The topological polar surface area (TPSA) is 54.4 Å². The summed E-state index contributed by atoms with van der Waals surface area (Å²) < 4.78 is 0. The van der Waals surface area contributed by atoms with Gasteiger partial charge in [-0.25, -0.2) is 0 Å². The molecule has 0 aromatic heterocycles. The van der Waals surface area contributed by atoms with E-state index >= 15 is 0 Å². The summed E-state index contributed by atoms with van der Waals surface area (Å²) in [5.74, 6) is 2.45. The lowest BCUT2D eigenvalue weighted by atomic mass is 9.40. The van der Waals surface area contributed by atoms with Crippen LogP contribution in [0.1, 0.15) is 71.6 Å². The molecule has 0 radical (unpaired) electrons. The van der Waals surface area contributed by atoms with Gasteiger partial charge in [0.2, 0.25) is 0 Å². The number of fused-ring (bicyclic) bond motifs is 5. The molecule has 1 N–H and O–H groups in total. The summed E-state index contributed by atoms with van der Waals surface area (Å²) in [6.07, 6.45) is 8.19. The average Bonchev–Trinajstić information content (AvgIpc) is 2.82. The standard InChI is InChI=1S/C20H30O3/c1-18-8-6-14-15-3-4-17(23)19(15,2)9-7-16(14)20(18,12-21)10-5-13(22)11-18/h14-16,21H,3-12H2,1-2H3/t14-,15+,16-,18+,19+,20+/m1/s1. The van der Waals surface area contributed by atoms with Gasteiger partial charge in [0.15, 0.2) is 0 Å². The van der Waals surface area contributed by atoms with E-state index in [1.54, 1.807) is 0 Å². The van der Waals surface area contributed by atoms with Crippen LogP contribution in [0.2, 0.25) is 0 Å². The molecule has 4 aliphatic rings. The van der Waals surface area contributed by atoms with E-state index in [0.717, 1.165) is 44.9 Å². The molecule has 128 valence electrons. The Morgan fingerprint density at radius 1 is 1.00 bits per heavy atom. The van der Waals surface area contributed by atoms with Crippen LogP contribution >= 0.6 is 0 Å². The van der Waals surface area contributed by atoms with Crippen LogP contribution in [0, 0.1) is 34.0 Å². The summed E-state index contributed by atoms with van der Waals surface area (Å²) in [4.78, 5) is 24.5. The van der Waals surface area contributed by atoms with Crippen molar-refractivity contribution < 1.29 is 14.7 Å². The molecule has 0 aromatic rings. The lowest BCUT2D eigenvalue weighted by Crippen LogP contribution is -2.60. The third-order valence-electron chi connectivity index (χ3n) is 8.81. The van der Waals surface area contributed by atoms with E-state index in [2.05, 4.69) is 13.8 Å². The fourth-order valence-electron chi connectivity index (χ4n) is 7.35. The van der Waals surface area contributed by atoms with Gasteiger partial charge in [0.05, 0.1) is 0 Å². The zero-order chi connectivity index (χ0) is 16.5. The van der Waals surface area contributed by atoms with E-state index in [4.69, 9.17) is 0 Å². The van der Waals surface area contributed by atoms with Crippen molar-refractivity contribution in [3.63, 3.8) is 0 Å². The molecule has 0 amide bonds. The van der Waals surface area contributed by atoms with Crippen molar-refractivity contribution in [3.8, 4) is 0 Å². The van der Waals surface area contributed by atoms with E-state index in [0.29, 0.717) is 42.2 Å². The molecule has 0 bridgehead atoms. The maximum absolute atomic E-state index is 12.4. The summed E-state index contributed by atoms with van der Waals surface area (Å²) in [6, 6.07) is 0. The summed E-state index contributed by atoms with van der Waals surface area (Å²) >= 11 is 0. The Balaban J connectivity index is 1.72. The predicted molar refractivity (Wildman–Crippen MR) is 87.8 cm³/mol. The smallest absolute Gasteiger partial charge is 0.139 e. The molecule has 0 saturated heterocycles.